The molecule has 0 amide bonds. The smallest absolute Gasteiger partial charge is 0.265 e. The zero-order valence-corrected chi connectivity index (χ0v) is 11.9. The summed E-state index contributed by atoms with van der Waals surface area (Å²) in [5.41, 5.74) is -1.38. The van der Waals surface area contributed by atoms with Gasteiger partial charge < -0.3 is 0 Å². The van der Waals surface area contributed by atoms with Crippen LogP contribution in [0.4, 0.5) is 13.2 Å². The predicted octanol–water partition coefficient (Wildman–Crippen LogP) is 3.11. The summed E-state index contributed by atoms with van der Waals surface area (Å²) < 4.78 is 65.8. The van der Waals surface area contributed by atoms with Crippen LogP contribution < -0.4 is 0 Å². The van der Waals surface area contributed by atoms with Crippen molar-refractivity contribution in [1.29, 1.82) is 0 Å². The second-order valence-corrected chi connectivity index (χ2v) is 6.63. The monoisotopic (exact) mass is 329 g/mol. The third-order valence-corrected chi connectivity index (χ3v) is 3.51. The van der Waals surface area contributed by atoms with Gasteiger partial charge in [0.2, 0.25) is 0 Å². The first kappa shape index (κ1) is 15.5. The maximum absolute atomic E-state index is 13.2. The predicted molar refractivity (Wildman–Crippen MR) is 65.9 cm³/mol. The molecule has 0 aliphatic heterocycles. The molecule has 1 aromatic rings. The number of nitrogens with zero attached hydrogens (tertiary/aromatic N) is 1. The maximum Gasteiger partial charge on any atom is 0.418 e. The SMILES string of the molecule is CS(=O)(=O)OCc1cc(Cl)nc(C2CC2)c1C(F)(F)F. The topological polar surface area (TPSA) is 56.3 Å². The molecule has 0 unspecified atom stereocenters. The molecule has 0 radical (unpaired) electrons. The van der Waals surface area contributed by atoms with Crippen LogP contribution in [0.3, 0.4) is 0 Å². The Balaban J connectivity index is 2.48. The second-order valence-electron chi connectivity index (χ2n) is 4.60. The summed E-state index contributed by atoms with van der Waals surface area (Å²) in [4.78, 5) is 3.75. The Kier molecular flexibility index (Phi) is 4.01. The molecule has 112 valence electrons. The Labute approximate surface area is 119 Å². The molecule has 1 aliphatic carbocycles. The molecule has 0 aromatic carbocycles. The molecule has 0 N–H and O–H groups in total. The van der Waals surface area contributed by atoms with Gasteiger partial charge in [-0.05, 0) is 24.5 Å². The first-order chi connectivity index (χ1) is 9.08. The van der Waals surface area contributed by atoms with Gasteiger partial charge in [0.1, 0.15) is 5.15 Å². The van der Waals surface area contributed by atoms with E-state index in [9.17, 15) is 21.6 Å². The highest BCUT2D eigenvalue weighted by molar-refractivity contribution is 7.85. The van der Waals surface area contributed by atoms with Crippen LogP contribution in [0.5, 0.6) is 0 Å². The lowest BCUT2D eigenvalue weighted by molar-refractivity contribution is -0.139. The summed E-state index contributed by atoms with van der Waals surface area (Å²) in [5, 5.41) is -0.105. The molecule has 1 fully saturated rings. The summed E-state index contributed by atoms with van der Waals surface area (Å²) in [5.74, 6) is -0.276. The van der Waals surface area contributed by atoms with Crippen LogP contribution in [-0.2, 0) is 27.1 Å². The van der Waals surface area contributed by atoms with E-state index in [1.165, 1.54) is 0 Å². The van der Waals surface area contributed by atoms with E-state index in [0.29, 0.717) is 12.8 Å². The molecule has 1 aromatic heterocycles. The molecule has 1 heterocycles. The summed E-state index contributed by atoms with van der Waals surface area (Å²) in [7, 11) is -3.85. The number of aromatic nitrogens is 1. The Morgan fingerprint density at radius 2 is 2.05 bits per heavy atom. The van der Waals surface area contributed by atoms with E-state index in [2.05, 4.69) is 9.17 Å². The highest BCUT2D eigenvalue weighted by atomic mass is 35.5. The summed E-state index contributed by atoms with van der Waals surface area (Å²) in [6.07, 6.45) is -2.64. The summed E-state index contributed by atoms with van der Waals surface area (Å²) in [6.45, 7) is -0.713. The van der Waals surface area contributed by atoms with Crippen molar-refractivity contribution in [1.82, 2.24) is 4.98 Å². The quantitative estimate of drug-likeness (QED) is 0.629. The van der Waals surface area contributed by atoms with Crippen molar-refractivity contribution in [2.75, 3.05) is 6.26 Å². The van der Waals surface area contributed by atoms with Crippen molar-refractivity contribution in [3.05, 3.63) is 28.0 Å². The fourth-order valence-electron chi connectivity index (χ4n) is 1.85. The maximum atomic E-state index is 13.2. The molecule has 1 saturated carbocycles. The van der Waals surface area contributed by atoms with E-state index in [1.54, 1.807) is 0 Å². The highest BCUT2D eigenvalue weighted by Crippen LogP contribution is 2.46. The third-order valence-electron chi connectivity index (χ3n) is 2.77. The van der Waals surface area contributed by atoms with Crippen molar-refractivity contribution < 1.29 is 25.8 Å². The van der Waals surface area contributed by atoms with Gasteiger partial charge in [0, 0.05) is 5.92 Å². The van der Waals surface area contributed by atoms with Gasteiger partial charge in [-0.25, -0.2) is 4.98 Å². The Morgan fingerprint density at radius 3 is 2.50 bits per heavy atom. The second kappa shape index (κ2) is 5.16. The lowest BCUT2D eigenvalue weighted by atomic mass is 10.0. The van der Waals surface area contributed by atoms with Crippen molar-refractivity contribution in [3.63, 3.8) is 0 Å². The van der Waals surface area contributed by atoms with Gasteiger partial charge in [0.15, 0.2) is 0 Å². The van der Waals surface area contributed by atoms with Gasteiger partial charge in [-0.1, -0.05) is 11.6 Å². The molecule has 0 saturated heterocycles. The first-order valence-corrected chi connectivity index (χ1v) is 7.88. The first-order valence-electron chi connectivity index (χ1n) is 5.69. The summed E-state index contributed by atoms with van der Waals surface area (Å²) >= 11 is 5.71. The van der Waals surface area contributed by atoms with Crippen molar-refractivity contribution >= 4 is 21.7 Å². The lowest BCUT2D eigenvalue weighted by Crippen LogP contribution is -2.16. The van der Waals surface area contributed by atoms with E-state index in [4.69, 9.17) is 11.6 Å². The lowest BCUT2D eigenvalue weighted by Gasteiger charge is -2.16. The van der Waals surface area contributed by atoms with Crippen LogP contribution in [0, 0.1) is 0 Å². The van der Waals surface area contributed by atoms with Gasteiger partial charge in [-0.3, -0.25) is 4.18 Å². The van der Waals surface area contributed by atoms with Gasteiger partial charge >= 0.3 is 6.18 Å². The molecule has 0 spiro atoms. The zero-order chi connectivity index (χ0) is 15.1. The van der Waals surface area contributed by atoms with Gasteiger partial charge in [-0.2, -0.15) is 21.6 Å². The van der Waals surface area contributed by atoms with Crippen molar-refractivity contribution in [2.24, 2.45) is 0 Å². The number of hydrogen-bond acceptors (Lipinski definition) is 4. The highest BCUT2D eigenvalue weighted by Gasteiger charge is 2.42. The molecular formula is C11H11ClF3NO3S. The van der Waals surface area contributed by atoms with Crippen LogP contribution in [0.15, 0.2) is 6.07 Å². The van der Waals surface area contributed by atoms with E-state index < -0.39 is 28.5 Å². The van der Waals surface area contributed by atoms with E-state index in [-0.39, 0.29) is 22.3 Å². The van der Waals surface area contributed by atoms with Gasteiger partial charge in [0.05, 0.1) is 24.1 Å². The average molecular weight is 330 g/mol. The fourth-order valence-corrected chi connectivity index (χ4v) is 2.41. The summed E-state index contributed by atoms with van der Waals surface area (Å²) in [6, 6.07) is 0.988. The Hall–Kier alpha value is -0.860. The third kappa shape index (κ3) is 3.83. The largest absolute Gasteiger partial charge is 0.418 e. The molecule has 2 rings (SSSR count). The number of alkyl halides is 3. The van der Waals surface area contributed by atoms with Crippen LogP contribution in [-0.4, -0.2) is 19.7 Å². The minimum absolute atomic E-state index is 0.105. The van der Waals surface area contributed by atoms with Crippen molar-refractivity contribution in [2.45, 2.75) is 31.5 Å². The van der Waals surface area contributed by atoms with Crippen molar-refractivity contribution in [3.8, 4) is 0 Å². The molecule has 0 atom stereocenters. The van der Waals surface area contributed by atoms with Gasteiger partial charge in [-0.15, -0.1) is 0 Å². The molecule has 4 nitrogen and oxygen atoms in total. The standard InChI is InChI=1S/C11H11ClF3NO3S/c1-20(17,18)19-5-7-4-8(12)16-10(6-2-3-6)9(7)11(13,14)15/h4,6H,2-3,5H2,1H3. The molecule has 1 aliphatic rings. The van der Waals surface area contributed by atoms with Crippen LogP contribution in [0.25, 0.3) is 0 Å². The minimum Gasteiger partial charge on any atom is -0.265 e. The molecule has 0 bridgehead atoms. The number of halogens is 4. The number of hydrogen-bond donors (Lipinski definition) is 0. The van der Waals surface area contributed by atoms with Crippen LogP contribution >= 0.6 is 11.6 Å². The Bertz CT molecular complexity index is 627. The number of pyridine rings is 1. The fraction of sp³-hybridized carbons (Fsp3) is 0.545. The average Bonchev–Trinajstić information content (AvgIpc) is 3.06. The molecule has 9 heteroatoms. The van der Waals surface area contributed by atoms with E-state index >= 15 is 0 Å². The van der Waals surface area contributed by atoms with E-state index in [0.717, 1.165) is 12.3 Å². The molecule has 20 heavy (non-hydrogen) atoms. The van der Waals surface area contributed by atoms with E-state index in [1.807, 2.05) is 0 Å². The normalized spacial score (nSPS) is 16.4. The Morgan fingerprint density at radius 1 is 1.45 bits per heavy atom. The van der Waals surface area contributed by atoms with Gasteiger partial charge in [0.25, 0.3) is 10.1 Å². The zero-order valence-electron chi connectivity index (χ0n) is 10.4. The number of rotatable bonds is 4. The molecular weight excluding hydrogens is 319 g/mol. The minimum atomic E-state index is -4.63. The van der Waals surface area contributed by atoms with Crippen LogP contribution in [0.1, 0.15) is 35.6 Å². The van der Waals surface area contributed by atoms with Crippen LogP contribution in [0.2, 0.25) is 5.15 Å².